The summed E-state index contributed by atoms with van der Waals surface area (Å²) in [4.78, 5) is 19.6. The third kappa shape index (κ3) is 8.79. The van der Waals surface area contributed by atoms with Crippen molar-refractivity contribution in [3.8, 4) is 11.8 Å². The summed E-state index contributed by atoms with van der Waals surface area (Å²) in [6, 6.07) is 3.99. The van der Waals surface area contributed by atoms with E-state index in [1.807, 2.05) is 12.1 Å². The first-order valence-corrected chi connectivity index (χ1v) is 11.3. The van der Waals surface area contributed by atoms with Gasteiger partial charge in [0.2, 0.25) is 0 Å². The van der Waals surface area contributed by atoms with E-state index in [4.69, 9.17) is 20.3 Å². The van der Waals surface area contributed by atoms with Crippen LogP contribution in [0.15, 0.2) is 12.1 Å². The molecule has 1 heterocycles. The number of aryl methyl sites for hydroxylation is 1. The van der Waals surface area contributed by atoms with Gasteiger partial charge in [0.15, 0.2) is 0 Å². The SMILES string of the molecule is CC(N)(CCc1ccc(C#CCOC2CCCCC2)s1)COP(=O)(O)O. The number of rotatable bonds is 8. The lowest BCUT2D eigenvalue weighted by molar-refractivity contribution is 0.0497. The monoisotopic (exact) mass is 401 g/mol. The molecular formula is C18H28NO5PS. The molecule has 8 heteroatoms. The van der Waals surface area contributed by atoms with Crippen molar-refractivity contribution in [2.45, 2.75) is 63.5 Å². The van der Waals surface area contributed by atoms with Gasteiger partial charge >= 0.3 is 7.82 Å². The van der Waals surface area contributed by atoms with E-state index in [0.29, 0.717) is 25.6 Å². The quantitative estimate of drug-likeness (QED) is 0.457. The Balaban J connectivity index is 1.73. The lowest BCUT2D eigenvalue weighted by Gasteiger charge is -2.24. The predicted octanol–water partition coefficient (Wildman–Crippen LogP) is 3.21. The van der Waals surface area contributed by atoms with Crippen molar-refractivity contribution in [1.29, 1.82) is 0 Å². The Bertz CT molecular complexity index is 667. The van der Waals surface area contributed by atoms with E-state index in [2.05, 4.69) is 16.4 Å². The Morgan fingerprint density at radius 1 is 1.35 bits per heavy atom. The van der Waals surface area contributed by atoms with Gasteiger partial charge in [-0.25, -0.2) is 4.57 Å². The fourth-order valence-electron chi connectivity index (χ4n) is 2.81. The summed E-state index contributed by atoms with van der Waals surface area (Å²) in [5, 5.41) is 0. The van der Waals surface area contributed by atoms with E-state index in [-0.39, 0.29) is 6.61 Å². The molecule has 1 saturated carbocycles. The van der Waals surface area contributed by atoms with Crippen molar-refractivity contribution in [3.05, 3.63) is 21.9 Å². The van der Waals surface area contributed by atoms with Gasteiger partial charge < -0.3 is 20.3 Å². The van der Waals surface area contributed by atoms with Gasteiger partial charge in [0.05, 0.1) is 17.6 Å². The summed E-state index contributed by atoms with van der Waals surface area (Å²) in [6.45, 7) is 2.01. The van der Waals surface area contributed by atoms with Crippen molar-refractivity contribution in [2.75, 3.05) is 13.2 Å². The van der Waals surface area contributed by atoms with Crippen LogP contribution in [0.1, 0.15) is 55.2 Å². The van der Waals surface area contributed by atoms with Crippen LogP contribution in [-0.2, 0) is 20.2 Å². The molecule has 1 fully saturated rings. The van der Waals surface area contributed by atoms with Gasteiger partial charge in [0.25, 0.3) is 0 Å². The largest absolute Gasteiger partial charge is 0.469 e. The average Bonchev–Trinajstić information content (AvgIpc) is 3.04. The summed E-state index contributed by atoms with van der Waals surface area (Å²) in [6.07, 6.45) is 7.76. The van der Waals surface area contributed by atoms with Crippen molar-refractivity contribution in [3.63, 3.8) is 0 Å². The van der Waals surface area contributed by atoms with Crippen LogP contribution >= 0.6 is 19.2 Å². The van der Waals surface area contributed by atoms with Crippen molar-refractivity contribution in [2.24, 2.45) is 5.73 Å². The lowest BCUT2D eigenvalue weighted by Crippen LogP contribution is -2.41. The molecule has 2 rings (SSSR count). The molecule has 0 aromatic carbocycles. The lowest BCUT2D eigenvalue weighted by atomic mass is 9.98. The fraction of sp³-hybridized carbons (Fsp3) is 0.667. The molecule has 146 valence electrons. The van der Waals surface area contributed by atoms with Crippen LogP contribution in [0.3, 0.4) is 0 Å². The number of hydrogen-bond acceptors (Lipinski definition) is 5. The molecule has 1 aromatic heterocycles. The molecule has 0 radical (unpaired) electrons. The minimum atomic E-state index is -4.49. The first kappa shape index (κ1) is 21.6. The van der Waals surface area contributed by atoms with Crippen LogP contribution < -0.4 is 5.73 Å². The minimum absolute atomic E-state index is 0.187. The van der Waals surface area contributed by atoms with E-state index in [1.54, 1.807) is 18.3 Å². The smallest absolute Gasteiger partial charge is 0.366 e. The number of phosphoric acid groups is 1. The zero-order valence-corrected chi connectivity index (χ0v) is 16.9. The molecule has 1 aliphatic carbocycles. The van der Waals surface area contributed by atoms with E-state index >= 15 is 0 Å². The number of ether oxygens (including phenoxy) is 1. The Kier molecular flexibility index (Phi) is 8.31. The van der Waals surface area contributed by atoms with Crippen LogP contribution in [-0.4, -0.2) is 34.6 Å². The van der Waals surface area contributed by atoms with E-state index < -0.39 is 13.4 Å². The summed E-state index contributed by atoms with van der Waals surface area (Å²) in [5.74, 6) is 6.21. The molecular weight excluding hydrogens is 373 g/mol. The summed E-state index contributed by atoms with van der Waals surface area (Å²) >= 11 is 1.60. The van der Waals surface area contributed by atoms with Crippen LogP contribution in [0.2, 0.25) is 0 Å². The van der Waals surface area contributed by atoms with Gasteiger partial charge in [-0.3, -0.25) is 4.52 Å². The average molecular weight is 401 g/mol. The van der Waals surface area contributed by atoms with Gasteiger partial charge in [-0.1, -0.05) is 31.1 Å². The van der Waals surface area contributed by atoms with Crippen LogP contribution in [0.25, 0.3) is 0 Å². The highest BCUT2D eigenvalue weighted by molar-refractivity contribution is 7.46. The molecule has 0 bridgehead atoms. The normalized spacial score (nSPS) is 18.2. The standard InChI is InChI=1S/C18H28NO5PS/c1-18(19,14-24-25(20,21)22)12-11-17-10-9-16(26-17)8-5-13-23-15-6-3-2-4-7-15/h9-10,15H,2-4,6-7,11-14,19H2,1H3,(H2,20,21,22). The highest BCUT2D eigenvalue weighted by atomic mass is 32.1. The van der Waals surface area contributed by atoms with Crippen LogP contribution in [0.4, 0.5) is 0 Å². The number of phosphoric ester groups is 1. The Morgan fingerprint density at radius 3 is 2.77 bits per heavy atom. The van der Waals surface area contributed by atoms with Crippen LogP contribution in [0.5, 0.6) is 0 Å². The highest BCUT2D eigenvalue weighted by Gasteiger charge is 2.24. The second-order valence-corrected chi connectivity index (χ2v) is 9.46. The molecule has 0 spiro atoms. The second kappa shape index (κ2) is 10.0. The Hall–Kier alpha value is -0.710. The zero-order chi connectivity index (χ0) is 19.0. The molecule has 26 heavy (non-hydrogen) atoms. The molecule has 4 N–H and O–H groups in total. The van der Waals surface area contributed by atoms with Crippen LogP contribution in [0, 0.1) is 11.8 Å². The van der Waals surface area contributed by atoms with Crippen molar-refractivity contribution >= 4 is 19.2 Å². The fourth-order valence-corrected chi connectivity index (χ4v) is 4.15. The Labute approximate surface area is 159 Å². The number of nitrogens with two attached hydrogens (primary N) is 1. The van der Waals surface area contributed by atoms with E-state index in [1.165, 1.54) is 19.3 Å². The predicted molar refractivity (Wildman–Crippen MR) is 103 cm³/mol. The highest BCUT2D eigenvalue weighted by Crippen LogP contribution is 2.37. The third-order valence-corrected chi connectivity index (χ3v) is 5.85. The summed E-state index contributed by atoms with van der Waals surface area (Å²) < 4.78 is 21.1. The van der Waals surface area contributed by atoms with Gasteiger partial charge in [-0.05, 0) is 44.7 Å². The molecule has 1 atom stereocenters. The molecule has 1 aliphatic rings. The Morgan fingerprint density at radius 2 is 2.08 bits per heavy atom. The van der Waals surface area contributed by atoms with E-state index in [0.717, 1.165) is 22.6 Å². The van der Waals surface area contributed by atoms with Gasteiger partial charge in [-0.2, -0.15) is 0 Å². The molecule has 6 nitrogen and oxygen atoms in total. The van der Waals surface area contributed by atoms with Gasteiger partial charge in [0.1, 0.15) is 6.61 Å². The summed E-state index contributed by atoms with van der Waals surface area (Å²) in [7, 11) is -4.49. The topological polar surface area (TPSA) is 102 Å². The second-order valence-electron chi connectivity index (χ2n) is 7.06. The first-order chi connectivity index (χ1) is 12.2. The molecule has 1 unspecified atom stereocenters. The summed E-state index contributed by atoms with van der Waals surface area (Å²) in [5.41, 5.74) is 5.24. The maximum Gasteiger partial charge on any atom is 0.469 e. The maximum absolute atomic E-state index is 10.8. The molecule has 0 aliphatic heterocycles. The number of hydrogen-bond donors (Lipinski definition) is 3. The maximum atomic E-state index is 10.8. The minimum Gasteiger partial charge on any atom is -0.366 e. The van der Waals surface area contributed by atoms with Crippen molar-refractivity contribution in [1.82, 2.24) is 0 Å². The zero-order valence-electron chi connectivity index (χ0n) is 15.1. The van der Waals surface area contributed by atoms with Crippen molar-refractivity contribution < 1.29 is 23.6 Å². The van der Waals surface area contributed by atoms with E-state index in [9.17, 15) is 4.57 Å². The molecule has 0 saturated heterocycles. The molecule has 1 aromatic rings. The van der Waals surface area contributed by atoms with Gasteiger partial charge in [0, 0.05) is 10.4 Å². The molecule has 0 amide bonds. The van der Waals surface area contributed by atoms with Gasteiger partial charge in [-0.15, -0.1) is 11.3 Å². The third-order valence-electron chi connectivity index (χ3n) is 4.32. The first-order valence-electron chi connectivity index (χ1n) is 8.92. The number of thiophene rings is 1.